The Morgan fingerprint density at radius 1 is 0.857 bits per heavy atom. The van der Waals surface area contributed by atoms with Crippen molar-refractivity contribution in [1.29, 1.82) is 0 Å². The molecule has 4 aromatic carbocycles. The molecule has 0 bridgehead atoms. The largest absolute Gasteiger partial charge is 0.355 e. The van der Waals surface area contributed by atoms with Crippen LogP contribution in [-0.2, 0) is 32.6 Å². The lowest BCUT2D eigenvalue weighted by atomic mass is 10.0. The molecule has 7 nitrogen and oxygen atoms in total. The van der Waals surface area contributed by atoms with Gasteiger partial charge in [0.25, 0.3) is 10.0 Å². The maximum absolute atomic E-state index is 14.3. The molecule has 42 heavy (non-hydrogen) atoms. The summed E-state index contributed by atoms with van der Waals surface area (Å²) < 4.78 is 29.9. The van der Waals surface area contributed by atoms with E-state index in [1.807, 2.05) is 43.3 Å². The van der Waals surface area contributed by atoms with Crippen LogP contribution in [0.5, 0.6) is 0 Å². The summed E-state index contributed by atoms with van der Waals surface area (Å²) in [7, 11) is -4.13. The number of carbonyl (C=O) groups excluding carboxylic acids is 2. The fourth-order valence-corrected chi connectivity index (χ4v) is 6.54. The fraction of sp³-hybridized carbons (Fsp3) is 0.188. The minimum atomic E-state index is -4.13. The van der Waals surface area contributed by atoms with Crippen LogP contribution in [0.15, 0.2) is 114 Å². The summed E-state index contributed by atoms with van der Waals surface area (Å²) in [6.45, 7) is 1.73. The maximum Gasteiger partial charge on any atom is 0.264 e. The normalized spacial score (nSPS) is 11.9. The van der Waals surface area contributed by atoms with Crippen molar-refractivity contribution in [2.24, 2.45) is 0 Å². The smallest absolute Gasteiger partial charge is 0.264 e. The first-order valence-electron chi connectivity index (χ1n) is 13.4. The number of nitrogens with one attached hydrogen (secondary N) is 1. The van der Waals surface area contributed by atoms with Gasteiger partial charge in [0, 0.05) is 28.1 Å². The van der Waals surface area contributed by atoms with Gasteiger partial charge in [0.1, 0.15) is 12.6 Å². The van der Waals surface area contributed by atoms with Crippen molar-refractivity contribution in [3.8, 4) is 0 Å². The summed E-state index contributed by atoms with van der Waals surface area (Å²) in [5.41, 5.74) is 1.92. The monoisotopic (exact) mass is 715 g/mol. The van der Waals surface area contributed by atoms with E-state index in [1.54, 1.807) is 60.7 Å². The Hall–Kier alpha value is -3.41. The Morgan fingerprint density at radius 3 is 2.10 bits per heavy atom. The van der Waals surface area contributed by atoms with Crippen LogP contribution >= 0.6 is 34.2 Å². The average Bonchev–Trinajstić information content (AvgIpc) is 2.99. The molecule has 0 saturated carbocycles. The highest BCUT2D eigenvalue weighted by atomic mass is 127. The van der Waals surface area contributed by atoms with Gasteiger partial charge in [0.05, 0.1) is 10.6 Å². The van der Waals surface area contributed by atoms with Crippen LogP contribution in [0.3, 0.4) is 0 Å². The van der Waals surface area contributed by atoms with E-state index in [1.165, 1.54) is 17.0 Å². The van der Waals surface area contributed by atoms with E-state index >= 15 is 0 Å². The van der Waals surface area contributed by atoms with Crippen LogP contribution in [0.4, 0.5) is 5.69 Å². The first-order chi connectivity index (χ1) is 20.2. The van der Waals surface area contributed by atoms with Gasteiger partial charge >= 0.3 is 0 Å². The molecule has 0 aromatic heterocycles. The van der Waals surface area contributed by atoms with Crippen molar-refractivity contribution in [3.05, 3.63) is 129 Å². The zero-order chi connectivity index (χ0) is 30.1. The number of halogens is 2. The zero-order valence-corrected chi connectivity index (χ0v) is 26.7. The Morgan fingerprint density at radius 2 is 1.48 bits per heavy atom. The van der Waals surface area contributed by atoms with E-state index in [4.69, 9.17) is 11.6 Å². The molecule has 0 fully saturated rings. The molecule has 10 heteroatoms. The van der Waals surface area contributed by atoms with E-state index in [0.29, 0.717) is 22.8 Å². The van der Waals surface area contributed by atoms with Crippen LogP contribution in [0.25, 0.3) is 0 Å². The molecule has 2 amide bonds. The Bertz CT molecular complexity index is 1600. The summed E-state index contributed by atoms with van der Waals surface area (Å²) in [6.07, 6.45) is 0.244. The maximum atomic E-state index is 14.3. The zero-order valence-electron chi connectivity index (χ0n) is 23.0. The molecule has 0 saturated heterocycles. The lowest BCUT2D eigenvalue weighted by molar-refractivity contribution is -0.140. The third kappa shape index (κ3) is 8.11. The van der Waals surface area contributed by atoms with E-state index in [2.05, 4.69) is 27.9 Å². The van der Waals surface area contributed by atoms with Crippen molar-refractivity contribution in [2.75, 3.05) is 17.4 Å². The minimum Gasteiger partial charge on any atom is -0.355 e. The van der Waals surface area contributed by atoms with E-state index in [-0.39, 0.29) is 23.8 Å². The third-order valence-electron chi connectivity index (χ3n) is 6.59. The predicted octanol–water partition coefficient (Wildman–Crippen LogP) is 5.92. The fourth-order valence-electron chi connectivity index (χ4n) is 4.53. The standard InChI is InChI=1S/C32H31ClIN3O4S/c1-2-35-32(39)30(21-24-10-5-3-6-11-24)36(22-25-12-9-13-26(33)20-25)31(38)23-37(28-18-16-27(34)17-19-28)42(40,41)29-14-7-4-8-15-29/h3-20,30H,2,21-23H2,1H3,(H,35,39)/t30-/m1/s1. The molecule has 218 valence electrons. The summed E-state index contributed by atoms with van der Waals surface area (Å²) in [5.74, 6) is -0.858. The molecule has 4 rings (SSSR count). The molecule has 0 unspecified atom stereocenters. The van der Waals surface area contributed by atoms with Crippen LogP contribution in [-0.4, -0.2) is 44.3 Å². The molecule has 1 atom stereocenters. The molecular formula is C32H31ClIN3O4S. The second-order valence-electron chi connectivity index (χ2n) is 9.55. The van der Waals surface area contributed by atoms with Crippen LogP contribution in [0.2, 0.25) is 5.02 Å². The highest BCUT2D eigenvalue weighted by molar-refractivity contribution is 14.1. The van der Waals surface area contributed by atoms with Crippen molar-refractivity contribution in [3.63, 3.8) is 0 Å². The van der Waals surface area contributed by atoms with Gasteiger partial charge in [-0.25, -0.2) is 8.42 Å². The molecule has 0 heterocycles. The van der Waals surface area contributed by atoms with Crippen LogP contribution in [0, 0.1) is 3.57 Å². The highest BCUT2D eigenvalue weighted by Crippen LogP contribution is 2.26. The quantitative estimate of drug-likeness (QED) is 0.185. The second kappa shape index (κ2) is 14.7. The van der Waals surface area contributed by atoms with Gasteiger partial charge in [-0.2, -0.15) is 0 Å². The Balaban J connectivity index is 1.78. The molecule has 0 aliphatic heterocycles. The first-order valence-corrected chi connectivity index (χ1v) is 16.3. The highest BCUT2D eigenvalue weighted by Gasteiger charge is 2.34. The Kier molecular flexibility index (Phi) is 11.0. The number of amides is 2. The number of hydrogen-bond donors (Lipinski definition) is 1. The SMILES string of the molecule is CCNC(=O)[C@@H](Cc1ccccc1)N(Cc1cccc(Cl)c1)C(=O)CN(c1ccc(I)cc1)S(=O)(=O)c1ccccc1. The molecule has 0 spiro atoms. The molecule has 0 aliphatic rings. The van der Waals surface area contributed by atoms with Crippen molar-refractivity contribution >= 4 is 61.7 Å². The molecular weight excluding hydrogens is 685 g/mol. The van der Waals surface area contributed by atoms with Gasteiger partial charge < -0.3 is 10.2 Å². The van der Waals surface area contributed by atoms with Crippen molar-refractivity contribution in [2.45, 2.75) is 30.8 Å². The number of benzene rings is 4. The van der Waals surface area contributed by atoms with E-state index in [9.17, 15) is 18.0 Å². The van der Waals surface area contributed by atoms with Gasteiger partial charge in [0.2, 0.25) is 11.8 Å². The van der Waals surface area contributed by atoms with Crippen LogP contribution < -0.4 is 9.62 Å². The molecule has 0 aliphatic carbocycles. The summed E-state index contributed by atoms with van der Waals surface area (Å²) >= 11 is 8.40. The number of nitrogens with zero attached hydrogens (tertiary/aromatic N) is 2. The van der Waals surface area contributed by atoms with Gasteiger partial charge in [-0.15, -0.1) is 0 Å². The number of sulfonamides is 1. The van der Waals surface area contributed by atoms with Gasteiger partial charge in [-0.05, 0) is 89.2 Å². The molecule has 1 N–H and O–H groups in total. The van der Waals surface area contributed by atoms with Crippen LogP contribution in [0.1, 0.15) is 18.1 Å². The molecule has 4 aromatic rings. The van der Waals surface area contributed by atoms with E-state index < -0.39 is 28.5 Å². The number of anilines is 1. The number of rotatable bonds is 12. The minimum absolute atomic E-state index is 0.0555. The Labute approximate surface area is 265 Å². The van der Waals surface area contributed by atoms with Gasteiger partial charge in [-0.1, -0.05) is 72.3 Å². The lowest BCUT2D eigenvalue weighted by Crippen LogP contribution is -2.53. The number of likely N-dealkylation sites (N-methyl/N-ethyl adjacent to an activating group) is 1. The number of hydrogen-bond acceptors (Lipinski definition) is 4. The van der Waals surface area contributed by atoms with Gasteiger partial charge in [0.15, 0.2) is 0 Å². The van der Waals surface area contributed by atoms with Crippen molar-refractivity contribution in [1.82, 2.24) is 10.2 Å². The number of carbonyl (C=O) groups is 2. The summed E-state index contributed by atoms with van der Waals surface area (Å²) in [5, 5.41) is 3.34. The van der Waals surface area contributed by atoms with E-state index in [0.717, 1.165) is 13.4 Å². The summed E-state index contributed by atoms with van der Waals surface area (Å²) in [4.78, 5) is 29.3. The third-order valence-corrected chi connectivity index (χ3v) is 9.33. The summed E-state index contributed by atoms with van der Waals surface area (Å²) in [6, 6.07) is 30.5. The first kappa shape index (κ1) is 31.5. The predicted molar refractivity (Wildman–Crippen MR) is 175 cm³/mol. The second-order valence-corrected chi connectivity index (χ2v) is 13.1. The van der Waals surface area contributed by atoms with Gasteiger partial charge in [-0.3, -0.25) is 13.9 Å². The van der Waals surface area contributed by atoms with Crippen molar-refractivity contribution < 1.29 is 18.0 Å². The molecule has 0 radical (unpaired) electrons. The lowest BCUT2D eigenvalue weighted by Gasteiger charge is -2.34. The average molecular weight is 716 g/mol. The topological polar surface area (TPSA) is 86.8 Å².